The van der Waals surface area contributed by atoms with E-state index < -0.39 is 6.04 Å². The molecule has 0 aliphatic rings. The van der Waals surface area contributed by atoms with E-state index in [4.69, 9.17) is 16.0 Å². The van der Waals surface area contributed by atoms with Gasteiger partial charge in [-0.3, -0.25) is 9.59 Å². The molecule has 122 valence electrons. The summed E-state index contributed by atoms with van der Waals surface area (Å²) in [5, 5.41) is 5.98. The molecule has 2 rings (SSSR count). The first-order valence-electron chi connectivity index (χ1n) is 7.34. The highest BCUT2D eigenvalue weighted by Gasteiger charge is 2.24. The number of hydrogen-bond acceptors (Lipinski definition) is 3. The number of carbonyl (C=O) groups is 2. The Labute approximate surface area is 140 Å². The zero-order chi connectivity index (χ0) is 16.8. The Morgan fingerprint density at radius 2 is 2.00 bits per heavy atom. The van der Waals surface area contributed by atoms with E-state index in [1.807, 2.05) is 13.8 Å². The lowest BCUT2D eigenvalue weighted by atomic mass is 10.0. The van der Waals surface area contributed by atoms with Crippen molar-refractivity contribution in [3.05, 3.63) is 59.0 Å². The molecule has 1 aromatic carbocycles. The average molecular weight is 335 g/mol. The molecule has 0 spiro atoms. The molecule has 0 radical (unpaired) electrons. The summed E-state index contributed by atoms with van der Waals surface area (Å²) in [7, 11) is 0. The topological polar surface area (TPSA) is 71.3 Å². The van der Waals surface area contributed by atoms with Crippen molar-refractivity contribution in [2.24, 2.45) is 5.92 Å². The first-order chi connectivity index (χ1) is 11.0. The Morgan fingerprint density at radius 3 is 2.61 bits per heavy atom. The van der Waals surface area contributed by atoms with E-state index in [1.54, 1.807) is 42.7 Å². The minimum absolute atomic E-state index is 0.0604. The summed E-state index contributed by atoms with van der Waals surface area (Å²) < 4.78 is 5.17. The molecule has 2 N–H and O–H groups in total. The summed E-state index contributed by atoms with van der Waals surface area (Å²) in [5.41, 5.74) is 0.419. The van der Waals surface area contributed by atoms with Crippen LogP contribution in [-0.4, -0.2) is 17.9 Å². The minimum atomic E-state index is -0.642. The van der Waals surface area contributed by atoms with Gasteiger partial charge in [0.2, 0.25) is 5.91 Å². The fourth-order valence-corrected chi connectivity index (χ4v) is 2.28. The van der Waals surface area contributed by atoms with E-state index in [0.29, 0.717) is 16.3 Å². The summed E-state index contributed by atoms with van der Waals surface area (Å²) in [6, 6.07) is 9.48. The maximum atomic E-state index is 12.3. The Morgan fingerprint density at radius 1 is 1.22 bits per heavy atom. The molecular weight excluding hydrogens is 316 g/mol. The zero-order valence-corrected chi connectivity index (χ0v) is 13.8. The standard InChI is InChI=1S/C17H19ClN2O3/c1-11(2)15(17(22)19-10-14-7-4-8-23-14)20-16(21)12-5-3-6-13(18)9-12/h3-9,11,15H,10H2,1-2H3,(H,19,22)(H,20,21)/t15-/m1/s1. The average Bonchev–Trinajstić information content (AvgIpc) is 3.03. The van der Waals surface area contributed by atoms with Crippen LogP contribution in [-0.2, 0) is 11.3 Å². The molecule has 0 unspecified atom stereocenters. The molecule has 5 nitrogen and oxygen atoms in total. The molecule has 0 aliphatic carbocycles. The van der Waals surface area contributed by atoms with Gasteiger partial charge in [0.25, 0.3) is 5.91 Å². The second-order valence-electron chi connectivity index (χ2n) is 5.50. The van der Waals surface area contributed by atoms with Crippen LogP contribution in [0.5, 0.6) is 0 Å². The van der Waals surface area contributed by atoms with E-state index in [9.17, 15) is 9.59 Å². The number of halogens is 1. The monoisotopic (exact) mass is 334 g/mol. The van der Waals surface area contributed by atoms with E-state index in [0.717, 1.165) is 0 Å². The molecule has 1 aromatic heterocycles. The molecule has 2 aromatic rings. The number of furan rings is 1. The predicted molar refractivity (Wildman–Crippen MR) is 88.1 cm³/mol. The third kappa shape index (κ3) is 4.86. The van der Waals surface area contributed by atoms with Crippen molar-refractivity contribution in [2.45, 2.75) is 26.4 Å². The van der Waals surface area contributed by atoms with Crippen LogP contribution in [0.15, 0.2) is 47.1 Å². The van der Waals surface area contributed by atoms with Gasteiger partial charge >= 0.3 is 0 Å². The van der Waals surface area contributed by atoms with Gasteiger partial charge in [-0.2, -0.15) is 0 Å². The lowest BCUT2D eigenvalue weighted by Crippen LogP contribution is -2.49. The fourth-order valence-electron chi connectivity index (χ4n) is 2.09. The van der Waals surface area contributed by atoms with Gasteiger partial charge in [0.05, 0.1) is 12.8 Å². The van der Waals surface area contributed by atoms with E-state index >= 15 is 0 Å². The zero-order valence-electron chi connectivity index (χ0n) is 13.0. The Balaban J connectivity index is 2.00. The molecule has 23 heavy (non-hydrogen) atoms. The van der Waals surface area contributed by atoms with Crippen molar-refractivity contribution in [1.29, 1.82) is 0 Å². The maximum Gasteiger partial charge on any atom is 0.251 e. The van der Waals surface area contributed by atoms with Crippen LogP contribution in [0.25, 0.3) is 0 Å². The van der Waals surface area contributed by atoms with Crippen molar-refractivity contribution in [3.63, 3.8) is 0 Å². The predicted octanol–water partition coefficient (Wildman–Crippen LogP) is 3.00. The summed E-state index contributed by atoms with van der Waals surface area (Å²) in [5.74, 6) is 0.00267. The highest BCUT2D eigenvalue weighted by Crippen LogP contribution is 2.12. The number of rotatable bonds is 6. The first-order valence-corrected chi connectivity index (χ1v) is 7.71. The van der Waals surface area contributed by atoms with Gasteiger partial charge in [-0.15, -0.1) is 0 Å². The first kappa shape index (κ1) is 17.1. The second-order valence-corrected chi connectivity index (χ2v) is 5.94. The summed E-state index contributed by atoms with van der Waals surface area (Å²) in [4.78, 5) is 24.6. The summed E-state index contributed by atoms with van der Waals surface area (Å²) in [6.07, 6.45) is 1.54. The van der Waals surface area contributed by atoms with Crippen LogP contribution in [0.3, 0.4) is 0 Å². The maximum absolute atomic E-state index is 12.3. The summed E-state index contributed by atoms with van der Waals surface area (Å²) >= 11 is 5.89. The van der Waals surface area contributed by atoms with E-state index in [-0.39, 0.29) is 24.3 Å². The number of carbonyl (C=O) groups excluding carboxylic acids is 2. The molecule has 0 bridgehead atoms. The number of benzene rings is 1. The highest BCUT2D eigenvalue weighted by atomic mass is 35.5. The molecule has 0 fully saturated rings. The van der Waals surface area contributed by atoms with Gasteiger partial charge in [-0.1, -0.05) is 31.5 Å². The van der Waals surface area contributed by atoms with Crippen molar-refractivity contribution >= 4 is 23.4 Å². The van der Waals surface area contributed by atoms with Crippen LogP contribution < -0.4 is 10.6 Å². The Hall–Kier alpha value is -2.27. The third-order valence-electron chi connectivity index (χ3n) is 3.34. The smallest absolute Gasteiger partial charge is 0.251 e. The molecule has 6 heteroatoms. The van der Waals surface area contributed by atoms with Crippen molar-refractivity contribution in [2.75, 3.05) is 0 Å². The molecular formula is C17H19ClN2O3. The van der Waals surface area contributed by atoms with Crippen LogP contribution >= 0.6 is 11.6 Å². The normalized spacial score (nSPS) is 12.0. The lowest BCUT2D eigenvalue weighted by molar-refractivity contribution is -0.124. The second kappa shape index (κ2) is 7.83. The highest BCUT2D eigenvalue weighted by molar-refractivity contribution is 6.31. The fraction of sp³-hybridized carbons (Fsp3) is 0.294. The molecule has 1 atom stereocenters. The lowest BCUT2D eigenvalue weighted by Gasteiger charge is -2.21. The van der Waals surface area contributed by atoms with Crippen LogP contribution in [0, 0.1) is 5.92 Å². The van der Waals surface area contributed by atoms with Gasteiger partial charge in [0.1, 0.15) is 11.8 Å². The van der Waals surface area contributed by atoms with Crippen LogP contribution in [0.2, 0.25) is 5.02 Å². The SMILES string of the molecule is CC(C)[C@@H](NC(=O)c1cccc(Cl)c1)C(=O)NCc1ccco1. The summed E-state index contributed by atoms with van der Waals surface area (Å²) in [6.45, 7) is 4.02. The molecule has 1 heterocycles. The quantitative estimate of drug-likeness (QED) is 0.853. The molecule has 0 saturated carbocycles. The van der Waals surface area contributed by atoms with Crippen molar-refractivity contribution in [1.82, 2.24) is 10.6 Å². The molecule has 0 saturated heterocycles. The van der Waals surface area contributed by atoms with Gasteiger partial charge in [-0.25, -0.2) is 0 Å². The third-order valence-corrected chi connectivity index (χ3v) is 3.57. The Bertz CT molecular complexity index is 668. The minimum Gasteiger partial charge on any atom is -0.467 e. The van der Waals surface area contributed by atoms with Gasteiger partial charge < -0.3 is 15.1 Å². The molecule has 2 amide bonds. The van der Waals surface area contributed by atoms with Crippen molar-refractivity contribution in [3.8, 4) is 0 Å². The number of hydrogen-bond donors (Lipinski definition) is 2. The molecule has 0 aliphatic heterocycles. The van der Waals surface area contributed by atoms with Gasteiger partial charge in [0, 0.05) is 10.6 Å². The van der Waals surface area contributed by atoms with E-state index in [2.05, 4.69) is 10.6 Å². The number of nitrogens with one attached hydrogen (secondary N) is 2. The van der Waals surface area contributed by atoms with Crippen LogP contribution in [0.4, 0.5) is 0 Å². The van der Waals surface area contributed by atoms with Gasteiger partial charge in [0.15, 0.2) is 0 Å². The Kier molecular flexibility index (Phi) is 5.82. The van der Waals surface area contributed by atoms with E-state index in [1.165, 1.54) is 0 Å². The van der Waals surface area contributed by atoms with Crippen molar-refractivity contribution < 1.29 is 14.0 Å². The van der Waals surface area contributed by atoms with Crippen LogP contribution in [0.1, 0.15) is 30.0 Å². The largest absolute Gasteiger partial charge is 0.467 e. The van der Waals surface area contributed by atoms with Gasteiger partial charge in [-0.05, 0) is 36.2 Å². The number of amides is 2.